The molecule has 4 aliphatic rings. The van der Waals surface area contributed by atoms with Crippen molar-refractivity contribution in [3.05, 3.63) is 41.0 Å². The summed E-state index contributed by atoms with van der Waals surface area (Å²) in [5.41, 5.74) is 7.96. The first-order valence-electron chi connectivity index (χ1n) is 12.0. The number of fused-ring (bicyclic) bond motifs is 7. The van der Waals surface area contributed by atoms with Crippen LogP contribution in [-0.2, 0) is 6.42 Å². The SMILES string of the molecule is Cc1cccc2c1CCC1C2=CCC2(C)C3CCC(C(C)C)C3(C)CCC12C. The van der Waals surface area contributed by atoms with Crippen LogP contribution in [0.4, 0.5) is 0 Å². The summed E-state index contributed by atoms with van der Waals surface area (Å²) < 4.78 is 0. The maximum absolute atomic E-state index is 2.71. The summed E-state index contributed by atoms with van der Waals surface area (Å²) in [4.78, 5) is 0. The zero-order valence-corrected chi connectivity index (χ0v) is 19.1. The highest BCUT2D eigenvalue weighted by molar-refractivity contribution is 5.74. The van der Waals surface area contributed by atoms with Crippen molar-refractivity contribution in [2.24, 2.45) is 39.9 Å². The standard InChI is InChI=1S/C28H40/c1-18(2)23-12-13-25-26(23,4)16-17-27(5)24-11-10-20-19(3)8-7-9-21(20)22(24)14-15-28(25,27)6/h7-9,14,18,23-25H,10-13,15-17H2,1-6H3. The van der Waals surface area contributed by atoms with Gasteiger partial charge in [0.15, 0.2) is 0 Å². The van der Waals surface area contributed by atoms with Crippen LogP contribution in [0.3, 0.4) is 0 Å². The highest BCUT2D eigenvalue weighted by Gasteiger charge is 2.65. The Morgan fingerprint density at radius 3 is 2.50 bits per heavy atom. The molecule has 1 aromatic carbocycles. The van der Waals surface area contributed by atoms with Crippen molar-refractivity contribution in [1.29, 1.82) is 0 Å². The highest BCUT2D eigenvalue weighted by Crippen LogP contribution is 2.74. The summed E-state index contributed by atoms with van der Waals surface area (Å²) in [5, 5.41) is 0. The van der Waals surface area contributed by atoms with Crippen LogP contribution in [0, 0.1) is 46.8 Å². The normalized spacial score (nSPS) is 44.4. The molecule has 0 N–H and O–H groups in total. The van der Waals surface area contributed by atoms with E-state index in [2.05, 4.69) is 65.8 Å². The van der Waals surface area contributed by atoms with Crippen LogP contribution in [0.25, 0.3) is 5.57 Å². The predicted molar refractivity (Wildman–Crippen MR) is 120 cm³/mol. The molecule has 0 radical (unpaired) electrons. The molecule has 152 valence electrons. The summed E-state index contributed by atoms with van der Waals surface area (Å²) in [7, 11) is 0. The van der Waals surface area contributed by atoms with Gasteiger partial charge in [0.2, 0.25) is 0 Å². The maximum Gasteiger partial charge on any atom is -0.00965 e. The largest absolute Gasteiger partial charge is 0.0798 e. The lowest BCUT2D eigenvalue weighted by molar-refractivity contribution is -0.135. The molecule has 1 aromatic rings. The van der Waals surface area contributed by atoms with Crippen molar-refractivity contribution in [1.82, 2.24) is 0 Å². The first-order chi connectivity index (χ1) is 13.2. The lowest BCUT2D eigenvalue weighted by Gasteiger charge is -2.65. The molecule has 0 aliphatic heterocycles. The van der Waals surface area contributed by atoms with Gasteiger partial charge in [-0.25, -0.2) is 0 Å². The van der Waals surface area contributed by atoms with E-state index in [4.69, 9.17) is 0 Å². The fraction of sp³-hybridized carbons (Fsp3) is 0.714. The molecule has 28 heavy (non-hydrogen) atoms. The van der Waals surface area contributed by atoms with E-state index in [1.165, 1.54) is 50.5 Å². The fourth-order valence-electron chi connectivity index (χ4n) is 9.10. The second-order valence-electron chi connectivity index (χ2n) is 11.9. The Balaban J connectivity index is 1.60. The Hall–Kier alpha value is -1.04. The van der Waals surface area contributed by atoms with Gasteiger partial charge in [0.25, 0.3) is 0 Å². The van der Waals surface area contributed by atoms with E-state index in [0.717, 1.165) is 23.7 Å². The van der Waals surface area contributed by atoms with Gasteiger partial charge in [0.1, 0.15) is 0 Å². The summed E-state index contributed by atoms with van der Waals surface area (Å²) in [6.45, 7) is 15.4. The molecule has 2 fully saturated rings. The van der Waals surface area contributed by atoms with Gasteiger partial charge in [-0.15, -0.1) is 0 Å². The fourth-order valence-corrected chi connectivity index (χ4v) is 9.10. The van der Waals surface area contributed by atoms with Gasteiger partial charge >= 0.3 is 0 Å². The third-order valence-corrected chi connectivity index (χ3v) is 10.8. The molecule has 5 rings (SSSR count). The summed E-state index contributed by atoms with van der Waals surface area (Å²) in [5.74, 6) is 3.44. The third kappa shape index (κ3) is 2.19. The zero-order valence-electron chi connectivity index (χ0n) is 19.1. The van der Waals surface area contributed by atoms with E-state index in [1.54, 1.807) is 16.7 Å². The number of aryl methyl sites for hydroxylation is 1. The van der Waals surface area contributed by atoms with E-state index in [9.17, 15) is 0 Å². The molecule has 0 bridgehead atoms. The monoisotopic (exact) mass is 376 g/mol. The van der Waals surface area contributed by atoms with Crippen molar-refractivity contribution in [2.45, 2.75) is 86.5 Å². The van der Waals surface area contributed by atoms with Crippen LogP contribution in [0.5, 0.6) is 0 Å². The van der Waals surface area contributed by atoms with E-state index in [1.807, 2.05) is 0 Å². The lowest BCUT2D eigenvalue weighted by Crippen LogP contribution is -2.58. The van der Waals surface area contributed by atoms with Crippen LogP contribution >= 0.6 is 0 Å². The van der Waals surface area contributed by atoms with Crippen LogP contribution in [-0.4, -0.2) is 0 Å². The molecule has 0 spiro atoms. The van der Waals surface area contributed by atoms with Crippen LogP contribution in [0.1, 0.15) is 89.8 Å². The van der Waals surface area contributed by atoms with Crippen molar-refractivity contribution in [3.63, 3.8) is 0 Å². The molecule has 6 atom stereocenters. The van der Waals surface area contributed by atoms with Crippen molar-refractivity contribution in [3.8, 4) is 0 Å². The minimum absolute atomic E-state index is 0.467. The summed E-state index contributed by atoms with van der Waals surface area (Å²) in [6.07, 6.45) is 12.5. The van der Waals surface area contributed by atoms with Gasteiger partial charge in [-0.2, -0.15) is 0 Å². The molecular weight excluding hydrogens is 336 g/mol. The molecule has 2 saturated carbocycles. The van der Waals surface area contributed by atoms with Crippen LogP contribution in [0.2, 0.25) is 0 Å². The van der Waals surface area contributed by atoms with Crippen molar-refractivity contribution in [2.75, 3.05) is 0 Å². The number of benzene rings is 1. The molecule has 0 heteroatoms. The van der Waals surface area contributed by atoms with Gasteiger partial charge in [-0.3, -0.25) is 0 Å². The van der Waals surface area contributed by atoms with E-state index < -0.39 is 0 Å². The third-order valence-electron chi connectivity index (χ3n) is 10.8. The first kappa shape index (κ1) is 19.0. The molecular formula is C28H40. The smallest absolute Gasteiger partial charge is 0.00965 e. The maximum atomic E-state index is 2.71. The molecule has 0 nitrogen and oxygen atoms in total. The Kier molecular flexibility index (Phi) is 4.06. The van der Waals surface area contributed by atoms with Gasteiger partial charge in [0, 0.05) is 0 Å². The van der Waals surface area contributed by atoms with E-state index in [0.29, 0.717) is 16.2 Å². The number of hydrogen-bond acceptors (Lipinski definition) is 0. The van der Waals surface area contributed by atoms with E-state index in [-0.39, 0.29) is 0 Å². The number of hydrogen-bond donors (Lipinski definition) is 0. The summed E-state index contributed by atoms with van der Waals surface area (Å²) >= 11 is 0. The molecule has 0 saturated heterocycles. The van der Waals surface area contributed by atoms with E-state index >= 15 is 0 Å². The average molecular weight is 377 g/mol. The zero-order chi connectivity index (χ0) is 19.9. The average Bonchev–Trinajstić information content (AvgIpc) is 3.02. The van der Waals surface area contributed by atoms with Crippen molar-refractivity contribution < 1.29 is 0 Å². The quantitative estimate of drug-likeness (QED) is 0.468. The van der Waals surface area contributed by atoms with Gasteiger partial charge in [0.05, 0.1) is 0 Å². The lowest BCUT2D eigenvalue weighted by atomic mass is 9.39. The second kappa shape index (κ2) is 5.99. The van der Waals surface area contributed by atoms with Gasteiger partial charge < -0.3 is 0 Å². The second-order valence-corrected chi connectivity index (χ2v) is 11.9. The minimum atomic E-state index is 0.467. The molecule has 0 heterocycles. The Morgan fingerprint density at radius 2 is 1.75 bits per heavy atom. The minimum Gasteiger partial charge on any atom is -0.0798 e. The van der Waals surface area contributed by atoms with Crippen LogP contribution in [0.15, 0.2) is 24.3 Å². The molecule has 0 aromatic heterocycles. The number of allylic oxidation sites excluding steroid dienone is 2. The first-order valence-corrected chi connectivity index (χ1v) is 12.0. The Morgan fingerprint density at radius 1 is 0.964 bits per heavy atom. The summed E-state index contributed by atoms with van der Waals surface area (Å²) in [6, 6.07) is 7.02. The highest BCUT2D eigenvalue weighted by atomic mass is 14.7. The van der Waals surface area contributed by atoms with Crippen LogP contribution < -0.4 is 0 Å². The molecule has 0 amide bonds. The van der Waals surface area contributed by atoms with Gasteiger partial charge in [-0.05, 0) is 114 Å². The Labute approximate surface area is 173 Å². The van der Waals surface area contributed by atoms with Crippen molar-refractivity contribution >= 4 is 5.57 Å². The van der Waals surface area contributed by atoms with Gasteiger partial charge in [-0.1, -0.05) is 58.9 Å². The molecule has 6 unspecified atom stereocenters. The number of rotatable bonds is 1. The predicted octanol–water partition coefficient (Wildman–Crippen LogP) is 7.84. The Bertz CT molecular complexity index is 828. The molecule has 4 aliphatic carbocycles. The topological polar surface area (TPSA) is 0 Å².